The Morgan fingerprint density at radius 3 is 2.12 bits per heavy atom. The zero-order valence-electron chi connectivity index (χ0n) is 13.6. The number of para-hydroxylation sites is 1. The molecule has 0 spiro atoms. The fraction of sp³-hybridized carbons (Fsp3) is 0.167. The number of nitrogens with zero attached hydrogens (tertiary/aromatic N) is 3. The van der Waals surface area contributed by atoms with Crippen LogP contribution in [0.3, 0.4) is 0 Å². The van der Waals surface area contributed by atoms with Crippen LogP contribution in [-0.4, -0.2) is 18.0 Å². The third-order valence-corrected chi connectivity index (χ3v) is 5.50. The molecule has 0 saturated heterocycles. The number of rotatable bonds is 5. The third kappa shape index (κ3) is 3.19. The second-order valence-corrected chi connectivity index (χ2v) is 7.38. The number of benzene rings is 2. The van der Waals surface area contributed by atoms with Gasteiger partial charge in [0.15, 0.2) is 5.03 Å². The van der Waals surface area contributed by atoms with Crippen LogP contribution in [0.25, 0.3) is 0 Å². The van der Waals surface area contributed by atoms with E-state index < -0.39 is 10.0 Å². The minimum atomic E-state index is -3.75. The van der Waals surface area contributed by atoms with Crippen molar-refractivity contribution >= 4 is 15.7 Å². The van der Waals surface area contributed by atoms with Crippen LogP contribution in [-0.2, 0) is 23.6 Å². The molecule has 0 aliphatic carbocycles. The highest BCUT2D eigenvalue weighted by Crippen LogP contribution is 2.25. The molecule has 2 aromatic carbocycles. The Bertz CT molecular complexity index is 900. The number of imidazole rings is 1. The molecule has 6 heteroatoms. The fourth-order valence-electron chi connectivity index (χ4n) is 2.42. The number of hydrogen-bond acceptors (Lipinski definition) is 3. The molecule has 3 rings (SSSR count). The van der Waals surface area contributed by atoms with Crippen LogP contribution in [0.4, 0.5) is 5.69 Å². The largest absolute Gasteiger partial charge is 0.337 e. The Labute approximate surface area is 142 Å². The summed E-state index contributed by atoms with van der Waals surface area (Å²) in [6.07, 6.45) is 1.55. The first-order chi connectivity index (χ1) is 11.5. The minimum Gasteiger partial charge on any atom is -0.337 e. The molecular formula is C18H19N3O2S. The van der Waals surface area contributed by atoms with E-state index in [1.165, 1.54) is 4.31 Å². The van der Waals surface area contributed by atoms with Gasteiger partial charge in [-0.1, -0.05) is 48.5 Å². The average Bonchev–Trinajstić information content (AvgIpc) is 2.94. The lowest BCUT2D eigenvalue weighted by Crippen LogP contribution is -2.30. The molecule has 0 fully saturated rings. The fourth-order valence-corrected chi connectivity index (χ4v) is 3.90. The van der Waals surface area contributed by atoms with Gasteiger partial charge in [0.1, 0.15) is 5.82 Å². The highest BCUT2D eigenvalue weighted by molar-refractivity contribution is 7.92. The van der Waals surface area contributed by atoms with Crippen molar-refractivity contribution in [3.63, 3.8) is 0 Å². The molecule has 0 unspecified atom stereocenters. The van der Waals surface area contributed by atoms with Gasteiger partial charge in [0.2, 0.25) is 0 Å². The molecule has 0 aliphatic heterocycles. The van der Waals surface area contributed by atoms with E-state index in [9.17, 15) is 8.42 Å². The van der Waals surface area contributed by atoms with E-state index in [1.807, 2.05) is 48.5 Å². The molecule has 0 N–H and O–H groups in total. The normalized spacial score (nSPS) is 11.4. The summed E-state index contributed by atoms with van der Waals surface area (Å²) in [6, 6.07) is 18.6. The van der Waals surface area contributed by atoms with E-state index >= 15 is 0 Å². The summed E-state index contributed by atoms with van der Waals surface area (Å²) in [6.45, 7) is 2.03. The van der Waals surface area contributed by atoms with Crippen molar-refractivity contribution in [1.82, 2.24) is 9.55 Å². The van der Waals surface area contributed by atoms with Gasteiger partial charge < -0.3 is 4.57 Å². The van der Waals surface area contributed by atoms with Gasteiger partial charge in [-0.3, -0.25) is 4.31 Å². The molecule has 24 heavy (non-hydrogen) atoms. The van der Waals surface area contributed by atoms with Gasteiger partial charge in [-0.05, 0) is 24.6 Å². The lowest BCUT2D eigenvalue weighted by molar-refractivity contribution is 0.587. The van der Waals surface area contributed by atoms with Crippen LogP contribution in [0.2, 0.25) is 0 Å². The van der Waals surface area contributed by atoms with E-state index in [4.69, 9.17) is 0 Å². The highest BCUT2D eigenvalue weighted by Gasteiger charge is 2.28. The Balaban J connectivity index is 2.07. The predicted molar refractivity (Wildman–Crippen MR) is 94.2 cm³/mol. The van der Waals surface area contributed by atoms with Gasteiger partial charge in [-0.2, -0.15) is 8.42 Å². The molecular weight excluding hydrogens is 322 g/mol. The van der Waals surface area contributed by atoms with E-state index in [0.717, 1.165) is 5.56 Å². The first kappa shape index (κ1) is 16.3. The molecule has 0 saturated carbocycles. The second kappa shape index (κ2) is 6.49. The highest BCUT2D eigenvalue weighted by atomic mass is 32.2. The van der Waals surface area contributed by atoms with Crippen molar-refractivity contribution in [2.45, 2.75) is 18.5 Å². The molecule has 0 aliphatic rings. The predicted octanol–water partition coefficient (Wildman–Crippen LogP) is 3.12. The van der Waals surface area contributed by atoms with Gasteiger partial charge in [0.25, 0.3) is 10.0 Å². The van der Waals surface area contributed by atoms with Crippen LogP contribution in [0.1, 0.15) is 11.4 Å². The molecule has 5 nitrogen and oxygen atoms in total. The molecule has 1 heterocycles. The zero-order chi connectivity index (χ0) is 17.2. The van der Waals surface area contributed by atoms with Crippen molar-refractivity contribution in [1.29, 1.82) is 0 Å². The van der Waals surface area contributed by atoms with Crippen molar-refractivity contribution in [3.8, 4) is 0 Å². The number of anilines is 1. The maximum absolute atomic E-state index is 13.2. The standard InChI is InChI=1S/C18H19N3O2S/c1-15-19-18(14-20(15)2)24(22,23)21(17-11-7-4-8-12-17)13-16-9-5-3-6-10-16/h3-12,14H,13H2,1-2H3. The van der Waals surface area contributed by atoms with Crippen molar-refractivity contribution in [3.05, 3.63) is 78.2 Å². The van der Waals surface area contributed by atoms with Crippen LogP contribution >= 0.6 is 0 Å². The summed E-state index contributed by atoms with van der Waals surface area (Å²) in [7, 11) is -1.97. The molecule has 1 aromatic heterocycles. The molecule has 0 radical (unpaired) electrons. The topological polar surface area (TPSA) is 55.2 Å². The quantitative estimate of drug-likeness (QED) is 0.716. The van der Waals surface area contributed by atoms with E-state index in [0.29, 0.717) is 11.5 Å². The monoisotopic (exact) mass is 341 g/mol. The maximum Gasteiger partial charge on any atom is 0.283 e. The Morgan fingerprint density at radius 1 is 1.00 bits per heavy atom. The van der Waals surface area contributed by atoms with E-state index in [2.05, 4.69) is 4.98 Å². The molecule has 0 amide bonds. The summed E-state index contributed by atoms with van der Waals surface area (Å²) in [5, 5.41) is 0.0577. The zero-order valence-corrected chi connectivity index (χ0v) is 14.4. The van der Waals surface area contributed by atoms with Crippen molar-refractivity contribution in [2.24, 2.45) is 7.05 Å². The molecule has 3 aromatic rings. The lowest BCUT2D eigenvalue weighted by atomic mass is 10.2. The van der Waals surface area contributed by atoms with E-state index in [-0.39, 0.29) is 11.6 Å². The first-order valence-corrected chi connectivity index (χ1v) is 9.04. The summed E-state index contributed by atoms with van der Waals surface area (Å²) < 4.78 is 29.4. The molecule has 0 atom stereocenters. The number of aromatic nitrogens is 2. The summed E-state index contributed by atoms with van der Waals surface area (Å²) in [5.74, 6) is 0.654. The number of sulfonamides is 1. The van der Waals surface area contributed by atoms with Crippen LogP contribution in [0.5, 0.6) is 0 Å². The Hall–Kier alpha value is -2.60. The van der Waals surface area contributed by atoms with Gasteiger partial charge in [-0.15, -0.1) is 0 Å². The summed E-state index contributed by atoms with van der Waals surface area (Å²) >= 11 is 0. The minimum absolute atomic E-state index is 0.0577. The van der Waals surface area contributed by atoms with Crippen LogP contribution in [0.15, 0.2) is 71.9 Å². The molecule has 0 bridgehead atoms. The Morgan fingerprint density at radius 2 is 1.58 bits per heavy atom. The number of hydrogen-bond donors (Lipinski definition) is 0. The lowest BCUT2D eigenvalue weighted by Gasteiger charge is -2.23. The smallest absolute Gasteiger partial charge is 0.283 e. The summed E-state index contributed by atoms with van der Waals surface area (Å²) in [5.41, 5.74) is 1.53. The third-order valence-electron chi connectivity index (χ3n) is 3.85. The summed E-state index contributed by atoms with van der Waals surface area (Å²) in [4.78, 5) is 4.20. The average molecular weight is 341 g/mol. The van der Waals surface area contributed by atoms with Gasteiger partial charge >= 0.3 is 0 Å². The first-order valence-electron chi connectivity index (χ1n) is 7.60. The van der Waals surface area contributed by atoms with Crippen molar-refractivity contribution in [2.75, 3.05) is 4.31 Å². The van der Waals surface area contributed by atoms with Gasteiger partial charge in [0.05, 0.1) is 12.2 Å². The Kier molecular flexibility index (Phi) is 4.40. The van der Waals surface area contributed by atoms with E-state index in [1.54, 1.807) is 36.9 Å². The molecule has 124 valence electrons. The van der Waals surface area contributed by atoms with Gasteiger partial charge in [-0.25, -0.2) is 4.98 Å². The van der Waals surface area contributed by atoms with Crippen LogP contribution in [0, 0.1) is 6.92 Å². The maximum atomic E-state index is 13.2. The van der Waals surface area contributed by atoms with Crippen molar-refractivity contribution < 1.29 is 8.42 Å². The SMILES string of the molecule is Cc1nc(S(=O)(=O)N(Cc2ccccc2)c2ccccc2)cn1C. The van der Waals surface area contributed by atoms with Crippen LogP contribution < -0.4 is 4.31 Å². The second-order valence-electron chi connectivity index (χ2n) is 5.57. The number of aryl methyl sites for hydroxylation is 2. The van der Waals surface area contributed by atoms with Gasteiger partial charge in [0, 0.05) is 13.2 Å².